The normalized spacial score (nSPS) is 12.3. The molecule has 2 aromatic carbocycles. The molecule has 2 rings (SSSR count). The minimum atomic E-state index is -0.881. The highest BCUT2D eigenvalue weighted by atomic mass is 32.2. The topological polar surface area (TPSA) is 17.1 Å². The predicted octanol–water partition coefficient (Wildman–Crippen LogP) is 3.42. The zero-order valence-corrected chi connectivity index (χ0v) is 11.1. The van der Waals surface area contributed by atoms with Gasteiger partial charge in [0.2, 0.25) is 0 Å². The second kappa shape index (κ2) is 6.03. The van der Waals surface area contributed by atoms with Crippen molar-refractivity contribution in [2.75, 3.05) is 0 Å². The van der Waals surface area contributed by atoms with Gasteiger partial charge in [-0.3, -0.25) is 4.21 Å². The van der Waals surface area contributed by atoms with Crippen LogP contribution in [-0.4, -0.2) is 4.21 Å². The van der Waals surface area contributed by atoms with Crippen molar-refractivity contribution in [2.24, 2.45) is 0 Å². The van der Waals surface area contributed by atoms with Crippen LogP contribution in [0.15, 0.2) is 59.5 Å². The first-order valence-corrected chi connectivity index (χ1v) is 7.35. The largest absolute Gasteiger partial charge is 0.259 e. The number of hydrogen-bond donors (Lipinski definition) is 1. The highest BCUT2D eigenvalue weighted by molar-refractivity contribution is 7.83. The molecule has 1 nitrogen and oxygen atoms in total. The van der Waals surface area contributed by atoms with Crippen LogP contribution in [0.1, 0.15) is 11.1 Å². The molecule has 2 aromatic rings. The summed E-state index contributed by atoms with van der Waals surface area (Å²) in [5.41, 5.74) is 2.16. The third kappa shape index (κ3) is 3.72. The van der Waals surface area contributed by atoms with Crippen molar-refractivity contribution < 1.29 is 4.21 Å². The summed E-state index contributed by atoms with van der Waals surface area (Å²) in [5.74, 6) is 1.16. The van der Waals surface area contributed by atoms with E-state index in [0.29, 0.717) is 11.5 Å². The average Bonchev–Trinajstić information content (AvgIpc) is 2.33. The van der Waals surface area contributed by atoms with E-state index in [1.165, 1.54) is 0 Å². The van der Waals surface area contributed by atoms with Gasteiger partial charge in [0.25, 0.3) is 0 Å². The van der Waals surface area contributed by atoms with Gasteiger partial charge in [-0.1, -0.05) is 48.5 Å². The molecule has 0 N–H and O–H groups in total. The van der Waals surface area contributed by atoms with Crippen molar-refractivity contribution >= 4 is 23.4 Å². The molecular weight excluding hydrogens is 248 g/mol. The van der Waals surface area contributed by atoms with Crippen LogP contribution < -0.4 is 0 Å². The molecule has 0 heterocycles. The van der Waals surface area contributed by atoms with Gasteiger partial charge in [0.05, 0.1) is 0 Å². The minimum Gasteiger partial charge on any atom is -0.259 e. The lowest BCUT2D eigenvalue weighted by atomic mass is 10.2. The molecule has 0 amide bonds. The summed E-state index contributed by atoms with van der Waals surface area (Å²) in [6.07, 6.45) is 0. The molecule has 0 radical (unpaired) electrons. The summed E-state index contributed by atoms with van der Waals surface area (Å²) >= 11 is 4.36. The molecule has 0 aliphatic carbocycles. The van der Waals surface area contributed by atoms with Gasteiger partial charge in [0, 0.05) is 27.2 Å². The second-order valence-corrected chi connectivity index (χ2v) is 5.78. The van der Waals surface area contributed by atoms with Crippen LogP contribution in [0.4, 0.5) is 0 Å². The van der Waals surface area contributed by atoms with Gasteiger partial charge in [-0.05, 0) is 17.2 Å². The van der Waals surface area contributed by atoms with Gasteiger partial charge < -0.3 is 0 Å². The van der Waals surface area contributed by atoms with E-state index in [1.807, 2.05) is 54.6 Å². The van der Waals surface area contributed by atoms with Crippen LogP contribution in [0.5, 0.6) is 0 Å². The van der Waals surface area contributed by atoms with Gasteiger partial charge in [-0.25, -0.2) is 0 Å². The molecule has 17 heavy (non-hydrogen) atoms. The summed E-state index contributed by atoms with van der Waals surface area (Å²) in [7, 11) is -0.881. The smallest absolute Gasteiger partial charge is 0.0500 e. The fourth-order valence-electron chi connectivity index (χ4n) is 1.62. The fourth-order valence-corrected chi connectivity index (χ4v) is 3.23. The van der Waals surface area contributed by atoms with E-state index >= 15 is 0 Å². The van der Waals surface area contributed by atoms with E-state index in [9.17, 15) is 4.21 Å². The van der Waals surface area contributed by atoms with E-state index in [4.69, 9.17) is 0 Å². The van der Waals surface area contributed by atoms with E-state index in [2.05, 4.69) is 12.6 Å². The lowest BCUT2D eigenvalue weighted by Crippen LogP contribution is -2.00. The van der Waals surface area contributed by atoms with E-state index in [-0.39, 0.29) is 0 Å². The van der Waals surface area contributed by atoms with Crippen LogP contribution in [0.3, 0.4) is 0 Å². The first kappa shape index (κ1) is 12.4. The summed E-state index contributed by atoms with van der Waals surface area (Å²) < 4.78 is 12.0. The van der Waals surface area contributed by atoms with Crippen LogP contribution in [0.25, 0.3) is 0 Å². The number of benzene rings is 2. The van der Waals surface area contributed by atoms with Crippen LogP contribution in [-0.2, 0) is 22.3 Å². The summed E-state index contributed by atoms with van der Waals surface area (Å²) in [6, 6.07) is 17.7. The maximum atomic E-state index is 12.0. The standard InChI is InChI=1S/C14H14OS2/c15-17(10-12-6-2-1-3-7-12)11-13-8-4-5-9-14(13)16/h1-9,16H,10-11H2. The van der Waals surface area contributed by atoms with Crippen LogP contribution in [0, 0.1) is 0 Å². The average molecular weight is 262 g/mol. The molecule has 1 unspecified atom stereocenters. The third-order valence-corrected chi connectivity index (χ3v) is 4.20. The first-order valence-electron chi connectivity index (χ1n) is 5.41. The summed E-state index contributed by atoms with van der Waals surface area (Å²) in [4.78, 5) is 0.911. The number of rotatable bonds is 4. The molecule has 0 bridgehead atoms. The molecule has 0 aliphatic rings. The Hall–Kier alpha value is -1.06. The molecule has 0 spiro atoms. The molecule has 88 valence electrons. The summed E-state index contributed by atoms with van der Waals surface area (Å²) in [5, 5.41) is 0. The lowest BCUT2D eigenvalue weighted by molar-refractivity contribution is 0.682. The van der Waals surface area contributed by atoms with Crippen molar-refractivity contribution in [1.82, 2.24) is 0 Å². The first-order chi connectivity index (χ1) is 8.25. The Kier molecular flexibility index (Phi) is 4.40. The molecule has 0 aliphatic heterocycles. The molecule has 0 saturated carbocycles. The highest BCUT2D eigenvalue weighted by Gasteiger charge is 2.05. The maximum absolute atomic E-state index is 12.0. The Morgan fingerprint density at radius 3 is 2.24 bits per heavy atom. The van der Waals surface area contributed by atoms with E-state index in [1.54, 1.807) is 0 Å². The molecule has 1 atom stereocenters. The van der Waals surface area contributed by atoms with E-state index in [0.717, 1.165) is 16.0 Å². The SMILES string of the molecule is O=S(Cc1ccccc1)Cc1ccccc1S. The van der Waals surface area contributed by atoms with Crippen molar-refractivity contribution in [3.05, 3.63) is 65.7 Å². The molecule has 0 saturated heterocycles. The van der Waals surface area contributed by atoms with Crippen molar-refractivity contribution in [3.63, 3.8) is 0 Å². The Labute approximate surface area is 110 Å². The zero-order chi connectivity index (χ0) is 12.1. The number of thiol groups is 1. The second-order valence-electron chi connectivity index (χ2n) is 3.84. The molecule has 0 fully saturated rings. The minimum absolute atomic E-state index is 0.564. The predicted molar refractivity (Wildman–Crippen MR) is 75.7 cm³/mol. The quantitative estimate of drug-likeness (QED) is 0.835. The number of hydrogen-bond acceptors (Lipinski definition) is 2. The van der Waals surface area contributed by atoms with Gasteiger partial charge in [0.15, 0.2) is 0 Å². The van der Waals surface area contributed by atoms with Gasteiger partial charge >= 0.3 is 0 Å². The zero-order valence-electron chi connectivity index (χ0n) is 9.37. The van der Waals surface area contributed by atoms with Crippen molar-refractivity contribution in [3.8, 4) is 0 Å². The Morgan fingerprint density at radius 2 is 1.53 bits per heavy atom. The van der Waals surface area contributed by atoms with Gasteiger partial charge in [0.1, 0.15) is 0 Å². The molecule has 3 heteroatoms. The maximum Gasteiger partial charge on any atom is 0.0500 e. The lowest BCUT2D eigenvalue weighted by Gasteiger charge is -2.05. The molecular formula is C14H14OS2. The third-order valence-electron chi connectivity index (χ3n) is 2.48. The highest BCUT2D eigenvalue weighted by Crippen LogP contribution is 2.16. The monoisotopic (exact) mass is 262 g/mol. The molecule has 0 aromatic heterocycles. The fraction of sp³-hybridized carbons (Fsp3) is 0.143. The van der Waals surface area contributed by atoms with Crippen LogP contribution in [0.2, 0.25) is 0 Å². The van der Waals surface area contributed by atoms with E-state index < -0.39 is 10.8 Å². The Bertz CT molecular complexity index is 509. The van der Waals surface area contributed by atoms with Crippen molar-refractivity contribution in [2.45, 2.75) is 16.4 Å². The Morgan fingerprint density at radius 1 is 0.882 bits per heavy atom. The van der Waals surface area contributed by atoms with Gasteiger partial charge in [-0.2, -0.15) is 0 Å². The van der Waals surface area contributed by atoms with Crippen molar-refractivity contribution in [1.29, 1.82) is 0 Å². The van der Waals surface area contributed by atoms with Gasteiger partial charge in [-0.15, -0.1) is 12.6 Å². The summed E-state index contributed by atoms with van der Waals surface area (Å²) in [6.45, 7) is 0. The van der Waals surface area contributed by atoms with Crippen LogP contribution >= 0.6 is 12.6 Å². The Balaban J connectivity index is 2.01.